The molecule has 0 spiro atoms. The van der Waals surface area contributed by atoms with Gasteiger partial charge in [0.15, 0.2) is 0 Å². The SMILES string of the molecule is Cc1cccc(N(c2ccccc2)c2ccc(N(C3=CC(C)C(c4ccc(N(c5ccccc5)c5ccc(N(c6ccccc6)c6cccc(C)c6)cc5)cc4)C=C3)c3ccccc3)cc2)c1. The Bertz CT molecular complexity index is 3090. The minimum Gasteiger partial charge on any atom is -0.311 e. The van der Waals surface area contributed by atoms with Gasteiger partial charge < -0.3 is 19.6 Å². The van der Waals surface area contributed by atoms with Gasteiger partial charge in [-0.15, -0.1) is 0 Å². The number of rotatable bonds is 13. The molecule has 1 aliphatic rings. The van der Waals surface area contributed by atoms with Crippen molar-refractivity contribution in [1.82, 2.24) is 0 Å². The number of benzene rings is 9. The van der Waals surface area contributed by atoms with Crippen LogP contribution in [0.5, 0.6) is 0 Å². The third-order valence-corrected chi connectivity index (χ3v) is 12.6. The van der Waals surface area contributed by atoms with Crippen molar-refractivity contribution in [1.29, 1.82) is 0 Å². The number of nitrogens with zero attached hydrogens (tertiary/aromatic N) is 4. The first-order valence-electron chi connectivity index (χ1n) is 23.2. The molecule has 0 N–H and O–H groups in total. The van der Waals surface area contributed by atoms with Gasteiger partial charge >= 0.3 is 0 Å². The first kappa shape index (κ1) is 42.6. The molecule has 0 aromatic heterocycles. The van der Waals surface area contributed by atoms with Gasteiger partial charge in [0.2, 0.25) is 0 Å². The molecule has 0 aliphatic heterocycles. The quantitative estimate of drug-likeness (QED) is 0.114. The maximum atomic E-state index is 2.43. The molecule has 4 heteroatoms. The lowest BCUT2D eigenvalue weighted by Gasteiger charge is -2.32. The fourth-order valence-electron chi connectivity index (χ4n) is 9.35. The molecule has 9 aromatic rings. The first-order chi connectivity index (χ1) is 33.0. The lowest BCUT2D eigenvalue weighted by molar-refractivity contribution is 0.628. The first-order valence-corrected chi connectivity index (χ1v) is 23.2. The molecule has 0 amide bonds. The van der Waals surface area contributed by atoms with Gasteiger partial charge in [0.05, 0.1) is 0 Å². The van der Waals surface area contributed by atoms with E-state index in [0.29, 0.717) is 0 Å². The molecule has 67 heavy (non-hydrogen) atoms. The van der Waals surface area contributed by atoms with Crippen LogP contribution < -0.4 is 19.6 Å². The highest BCUT2D eigenvalue weighted by molar-refractivity contribution is 5.82. The Labute approximate surface area is 396 Å². The molecule has 0 saturated heterocycles. The normalized spacial score (nSPS) is 14.2. The van der Waals surface area contributed by atoms with Gasteiger partial charge in [-0.25, -0.2) is 0 Å². The summed E-state index contributed by atoms with van der Waals surface area (Å²) in [5.74, 6) is 0.478. The molecule has 0 radical (unpaired) electrons. The van der Waals surface area contributed by atoms with E-state index in [1.54, 1.807) is 0 Å². The minimum atomic E-state index is 0.224. The van der Waals surface area contributed by atoms with Gasteiger partial charge in [-0.2, -0.15) is 0 Å². The molecular formula is C63H54N4. The second kappa shape index (κ2) is 19.4. The van der Waals surface area contributed by atoms with Crippen LogP contribution in [-0.2, 0) is 0 Å². The summed E-state index contributed by atoms with van der Waals surface area (Å²) in [6.45, 7) is 6.62. The summed E-state index contributed by atoms with van der Waals surface area (Å²) in [6.07, 6.45) is 7.11. The summed E-state index contributed by atoms with van der Waals surface area (Å²) in [5.41, 5.74) is 17.2. The van der Waals surface area contributed by atoms with E-state index >= 15 is 0 Å². The number of hydrogen-bond donors (Lipinski definition) is 0. The van der Waals surface area contributed by atoms with Crippen molar-refractivity contribution < 1.29 is 0 Å². The van der Waals surface area contributed by atoms with Crippen molar-refractivity contribution in [2.45, 2.75) is 26.7 Å². The lowest BCUT2D eigenvalue weighted by Crippen LogP contribution is -2.20. The van der Waals surface area contributed by atoms with Gasteiger partial charge in [0.25, 0.3) is 0 Å². The second-order valence-electron chi connectivity index (χ2n) is 17.3. The van der Waals surface area contributed by atoms with Crippen LogP contribution in [0.4, 0.5) is 62.6 Å². The van der Waals surface area contributed by atoms with Crippen molar-refractivity contribution in [2.24, 2.45) is 5.92 Å². The molecule has 4 nitrogen and oxygen atoms in total. The summed E-state index contributed by atoms with van der Waals surface area (Å²) < 4.78 is 0. The second-order valence-corrected chi connectivity index (χ2v) is 17.3. The van der Waals surface area contributed by atoms with E-state index < -0.39 is 0 Å². The predicted octanol–water partition coefficient (Wildman–Crippen LogP) is 17.7. The summed E-state index contributed by atoms with van der Waals surface area (Å²) in [4.78, 5) is 9.36. The van der Waals surface area contributed by atoms with Crippen LogP contribution in [-0.4, -0.2) is 0 Å². The van der Waals surface area contributed by atoms with Crippen molar-refractivity contribution >= 4 is 62.6 Å². The van der Waals surface area contributed by atoms with E-state index in [2.05, 4.69) is 301 Å². The number of hydrogen-bond acceptors (Lipinski definition) is 4. The van der Waals surface area contributed by atoms with Gasteiger partial charge in [-0.3, -0.25) is 0 Å². The number of allylic oxidation sites excluding steroid dienone is 3. The molecule has 10 rings (SSSR count). The predicted molar refractivity (Wildman–Crippen MR) is 284 cm³/mol. The Balaban J connectivity index is 0.922. The molecule has 1 aliphatic carbocycles. The fraction of sp³-hybridized carbons (Fsp3) is 0.0794. The summed E-state index contributed by atoms with van der Waals surface area (Å²) in [5, 5.41) is 0. The Hall–Kier alpha value is -8.34. The highest BCUT2D eigenvalue weighted by Crippen LogP contribution is 2.43. The van der Waals surface area contributed by atoms with Gasteiger partial charge in [-0.1, -0.05) is 128 Å². The van der Waals surface area contributed by atoms with Crippen molar-refractivity contribution in [2.75, 3.05) is 19.6 Å². The van der Waals surface area contributed by atoms with E-state index in [4.69, 9.17) is 0 Å². The molecule has 326 valence electrons. The molecule has 0 bridgehead atoms. The van der Waals surface area contributed by atoms with Crippen LogP contribution in [0, 0.1) is 19.8 Å². The van der Waals surface area contributed by atoms with E-state index in [0.717, 1.165) is 68.3 Å². The standard InChI is InChI=1S/C63H54N4/c1-47-18-16-28-60(44-47)65(52-22-10-5-11-23-52)57-36-34-56(35-37-57)64(51-20-8-4-9-21-51)55-32-30-50(31-33-55)63-43-42-62(46-49(63)3)67(54-26-14-7-15-27-54)59-40-38-58(39-41-59)66(53-24-12-6-13-25-53)61-29-17-19-48(2)45-61/h4-46,49,63H,1-3H3. The van der Waals surface area contributed by atoms with Crippen LogP contribution in [0.3, 0.4) is 0 Å². The van der Waals surface area contributed by atoms with E-state index in [-0.39, 0.29) is 11.8 Å². The molecule has 2 unspecified atom stereocenters. The van der Waals surface area contributed by atoms with Crippen molar-refractivity contribution in [3.05, 3.63) is 283 Å². The number of para-hydroxylation sites is 4. The Morgan fingerprint density at radius 3 is 0.955 bits per heavy atom. The Morgan fingerprint density at radius 2 is 0.597 bits per heavy atom. The van der Waals surface area contributed by atoms with E-state index in [1.807, 2.05) is 0 Å². The molecule has 0 fully saturated rings. The molecule has 0 saturated carbocycles. The fourth-order valence-corrected chi connectivity index (χ4v) is 9.35. The average Bonchev–Trinajstić information content (AvgIpc) is 3.37. The smallest absolute Gasteiger partial charge is 0.0464 e. The molecule has 9 aromatic carbocycles. The average molecular weight is 867 g/mol. The van der Waals surface area contributed by atoms with Crippen LogP contribution in [0.2, 0.25) is 0 Å². The molecule has 0 heterocycles. The van der Waals surface area contributed by atoms with Crippen LogP contribution in [0.1, 0.15) is 29.5 Å². The maximum Gasteiger partial charge on any atom is 0.0464 e. The number of aryl methyl sites for hydroxylation is 2. The zero-order valence-electron chi connectivity index (χ0n) is 38.3. The topological polar surface area (TPSA) is 13.0 Å². The molecule has 2 atom stereocenters. The van der Waals surface area contributed by atoms with Crippen LogP contribution >= 0.6 is 0 Å². The summed E-state index contributed by atoms with van der Waals surface area (Å²) >= 11 is 0. The highest BCUT2D eigenvalue weighted by atomic mass is 15.2. The Kier molecular flexibility index (Phi) is 12.3. The van der Waals surface area contributed by atoms with Crippen molar-refractivity contribution in [3.8, 4) is 0 Å². The zero-order chi connectivity index (χ0) is 45.5. The lowest BCUT2D eigenvalue weighted by atomic mass is 9.83. The third kappa shape index (κ3) is 9.29. The van der Waals surface area contributed by atoms with Crippen molar-refractivity contribution in [3.63, 3.8) is 0 Å². The minimum absolute atomic E-state index is 0.224. The van der Waals surface area contributed by atoms with Gasteiger partial charge in [0.1, 0.15) is 0 Å². The zero-order valence-corrected chi connectivity index (χ0v) is 38.3. The van der Waals surface area contributed by atoms with Crippen LogP contribution in [0.15, 0.2) is 267 Å². The third-order valence-electron chi connectivity index (χ3n) is 12.6. The number of anilines is 11. The van der Waals surface area contributed by atoms with Gasteiger partial charge in [0, 0.05) is 74.2 Å². The highest BCUT2D eigenvalue weighted by Gasteiger charge is 2.24. The largest absolute Gasteiger partial charge is 0.311 e. The Morgan fingerprint density at radius 1 is 0.299 bits per heavy atom. The maximum absolute atomic E-state index is 2.43. The van der Waals surface area contributed by atoms with Crippen LogP contribution in [0.25, 0.3) is 0 Å². The summed E-state index contributed by atoms with van der Waals surface area (Å²) in [6, 6.07) is 86.9. The monoisotopic (exact) mass is 866 g/mol. The van der Waals surface area contributed by atoms with E-state index in [9.17, 15) is 0 Å². The van der Waals surface area contributed by atoms with Gasteiger partial charge in [-0.05, 0) is 176 Å². The summed E-state index contributed by atoms with van der Waals surface area (Å²) in [7, 11) is 0. The molecular weight excluding hydrogens is 813 g/mol. The van der Waals surface area contributed by atoms with E-state index in [1.165, 1.54) is 16.7 Å².